The molecule has 0 spiro atoms. The summed E-state index contributed by atoms with van der Waals surface area (Å²) in [4.78, 5) is 17.8. The number of benzene rings is 4. The van der Waals surface area contributed by atoms with Crippen molar-refractivity contribution in [1.82, 2.24) is 0 Å². The van der Waals surface area contributed by atoms with Gasteiger partial charge in [-0.2, -0.15) is 0 Å². The maximum atomic E-state index is 12.7. The van der Waals surface area contributed by atoms with Crippen molar-refractivity contribution in [3.8, 4) is 5.75 Å². The van der Waals surface area contributed by atoms with Crippen LogP contribution >= 0.6 is 56.9 Å². The van der Waals surface area contributed by atoms with Gasteiger partial charge in [-0.25, -0.2) is 9.79 Å². The maximum absolute atomic E-state index is 12.7. The van der Waals surface area contributed by atoms with Crippen molar-refractivity contribution in [3.63, 3.8) is 0 Å². The van der Waals surface area contributed by atoms with Gasteiger partial charge in [0, 0.05) is 0 Å². The molecule has 0 saturated carbocycles. The number of aliphatic hydroxyl groups is 1. The number of para-hydroxylation sites is 1. The third kappa shape index (κ3) is 6.50. The Labute approximate surface area is 258 Å². The number of hydrogen-bond acceptors (Lipinski definition) is 6. The van der Waals surface area contributed by atoms with Gasteiger partial charge in [-0.05, 0) is 110 Å². The van der Waals surface area contributed by atoms with Gasteiger partial charge in [0.15, 0.2) is 0 Å². The number of carbonyl (C=O) groups excluding carboxylic acids is 1. The van der Waals surface area contributed by atoms with Crippen molar-refractivity contribution >= 4 is 90.5 Å². The normalized spacial score (nSPS) is 15.4. The molecule has 1 heterocycles. The fourth-order valence-electron chi connectivity index (χ4n) is 4.05. The summed E-state index contributed by atoms with van der Waals surface area (Å²) in [7, 11) is 0. The number of nitrogens with zero attached hydrogens (tertiary/aromatic N) is 1. The van der Waals surface area contributed by atoms with E-state index in [9.17, 15) is 9.90 Å². The molecule has 0 aliphatic carbocycles. The molecular weight excluding hydrogens is 736 g/mol. The zero-order valence-corrected chi connectivity index (χ0v) is 26.0. The minimum Gasteiger partial charge on any atom is -0.506 e. The van der Waals surface area contributed by atoms with Crippen LogP contribution in [0.5, 0.6) is 5.75 Å². The molecule has 0 atom stereocenters. The summed E-state index contributed by atoms with van der Waals surface area (Å²) in [5.41, 5.74) is 2.74. The molecule has 1 aliphatic heterocycles. The molecule has 39 heavy (non-hydrogen) atoms. The summed E-state index contributed by atoms with van der Waals surface area (Å²) in [5, 5.41) is 13.8. The average Bonchev–Trinajstić information content (AvgIpc) is 3.22. The van der Waals surface area contributed by atoms with Crippen LogP contribution in [0, 0.1) is 7.14 Å². The van der Waals surface area contributed by atoms with Crippen LogP contribution in [0.3, 0.4) is 0 Å². The standard InChI is InChI=1S/C31H23I2NO4S/c1-2-37-31(36)27-28(35)26(39-30(27)34-23-10-4-3-5-11-23)17-20-15-24(32)29(25(33)16-20)38-18-19-12-13-21-8-6-7-9-22(21)14-19/h3-17,35H,2,18H2,1H3/b26-17-,34-30?. The number of fused-ring (bicyclic) bond motifs is 1. The molecule has 4 aromatic carbocycles. The largest absolute Gasteiger partial charge is 0.506 e. The van der Waals surface area contributed by atoms with Gasteiger partial charge in [-0.3, -0.25) is 0 Å². The van der Waals surface area contributed by atoms with Gasteiger partial charge in [-0.15, -0.1) is 0 Å². The molecule has 0 radical (unpaired) electrons. The van der Waals surface area contributed by atoms with E-state index in [1.807, 2.05) is 60.7 Å². The smallest absolute Gasteiger partial charge is 0.344 e. The van der Waals surface area contributed by atoms with Crippen molar-refractivity contribution < 1.29 is 19.4 Å². The Morgan fingerprint density at radius 2 is 1.64 bits per heavy atom. The Bertz CT molecular complexity index is 1620. The van der Waals surface area contributed by atoms with Gasteiger partial charge in [0.1, 0.15) is 28.7 Å². The lowest BCUT2D eigenvalue weighted by Crippen LogP contribution is -2.12. The number of ether oxygens (including phenoxy) is 2. The molecule has 4 aromatic rings. The lowest BCUT2D eigenvalue weighted by molar-refractivity contribution is -0.138. The van der Waals surface area contributed by atoms with Gasteiger partial charge in [-0.1, -0.05) is 66.4 Å². The lowest BCUT2D eigenvalue weighted by atomic mass is 10.1. The van der Waals surface area contributed by atoms with Gasteiger partial charge in [0.05, 0.1) is 24.3 Å². The minimum absolute atomic E-state index is 0.0803. The number of halogens is 2. The number of aliphatic hydroxyl groups excluding tert-OH is 1. The van der Waals surface area contributed by atoms with Crippen LogP contribution < -0.4 is 4.74 Å². The Hall–Kier alpha value is -2.83. The van der Waals surface area contributed by atoms with E-state index in [1.54, 1.807) is 6.92 Å². The zero-order valence-electron chi connectivity index (χ0n) is 20.9. The predicted octanol–water partition coefficient (Wildman–Crippen LogP) is 8.82. The van der Waals surface area contributed by atoms with E-state index in [1.165, 1.54) is 22.5 Å². The topological polar surface area (TPSA) is 68.1 Å². The van der Waals surface area contributed by atoms with Crippen molar-refractivity contribution in [2.24, 2.45) is 4.99 Å². The molecule has 0 fully saturated rings. The second kappa shape index (κ2) is 12.6. The molecule has 5 nitrogen and oxygen atoms in total. The lowest BCUT2D eigenvalue weighted by Gasteiger charge is -2.12. The van der Waals surface area contributed by atoms with Crippen molar-refractivity contribution in [1.29, 1.82) is 0 Å². The molecule has 0 saturated heterocycles. The predicted molar refractivity (Wildman–Crippen MR) is 176 cm³/mol. The Morgan fingerprint density at radius 3 is 2.36 bits per heavy atom. The molecule has 196 valence electrons. The molecule has 0 aromatic heterocycles. The minimum atomic E-state index is -0.595. The number of aliphatic imine (C=N–C) groups is 1. The van der Waals surface area contributed by atoms with Crippen molar-refractivity contribution in [2.75, 3.05) is 6.61 Å². The number of esters is 1. The van der Waals surface area contributed by atoms with Crippen LogP contribution in [0.25, 0.3) is 16.8 Å². The quantitative estimate of drug-likeness (QED) is 0.151. The van der Waals surface area contributed by atoms with Crippen molar-refractivity contribution in [2.45, 2.75) is 13.5 Å². The number of thioether (sulfide) groups is 1. The monoisotopic (exact) mass is 759 g/mol. The second-order valence-electron chi connectivity index (χ2n) is 8.59. The van der Waals surface area contributed by atoms with Gasteiger partial charge in [0.2, 0.25) is 0 Å². The number of hydrogen-bond donors (Lipinski definition) is 1. The maximum Gasteiger partial charge on any atom is 0.344 e. The summed E-state index contributed by atoms with van der Waals surface area (Å²) >= 11 is 5.78. The highest BCUT2D eigenvalue weighted by molar-refractivity contribution is 14.1. The van der Waals surface area contributed by atoms with Gasteiger partial charge < -0.3 is 14.6 Å². The average molecular weight is 759 g/mol. The Morgan fingerprint density at radius 1 is 0.949 bits per heavy atom. The third-order valence-electron chi connectivity index (χ3n) is 5.87. The van der Waals surface area contributed by atoms with Crippen LogP contribution in [-0.4, -0.2) is 22.7 Å². The van der Waals surface area contributed by atoms with Crippen LogP contribution in [0.15, 0.2) is 106 Å². The third-order valence-corrected chi connectivity index (χ3v) is 8.49. The van der Waals surface area contributed by atoms with E-state index >= 15 is 0 Å². The van der Waals surface area contributed by atoms with E-state index < -0.39 is 5.97 Å². The molecule has 1 aliphatic rings. The molecule has 0 amide bonds. The van der Waals surface area contributed by atoms with Crippen LogP contribution in [0.2, 0.25) is 0 Å². The van der Waals surface area contributed by atoms with E-state index in [0.717, 1.165) is 24.0 Å². The zero-order chi connectivity index (χ0) is 27.4. The van der Waals surface area contributed by atoms with E-state index in [2.05, 4.69) is 80.5 Å². The molecule has 5 rings (SSSR count). The summed E-state index contributed by atoms with van der Waals surface area (Å²) in [5.74, 6) is 0.0841. The highest BCUT2D eigenvalue weighted by Gasteiger charge is 2.33. The Balaban J connectivity index is 1.40. The van der Waals surface area contributed by atoms with E-state index in [-0.39, 0.29) is 17.9 Å². The van der Waals surface area contributed by atoms with Crippen molar-refractivity contribution in [3.05, 3.63) is 119 Å². The molecule has 8 heteroatoms. The SMILES string of the molecule is CCOC(=O)C1=C(O)/C(=C/c2cc(I)c(OCc3ccc4ccccc4c3)c(I)c2)SC1=Nc1ccccc1. The van der Waals surface area contributed by atoms with Gasteiger partial charge >= 0.3 is 5.97 Å². The first kappa shape index (κ1) is 27.7. The number of carbonyl (C=O) groups is 1. The molecule has 0 unspecified atom stereocenters. The summed E-state index contributed by atoms with van der Waals surface area (Å²) < 4.78 is 13.3. The second-order valence-corrected chi connectivity index (χ2v) is 11.9. The van der Waals surface area contributed by atoms with Crippen LogP contribution in [-0.2, 0) is 16.1 Å². The fourth-order valence-corrected chi connectivity index (χ4v) is 7.21. The first-order valence-corrected chi connectivity index (χ1v) is 15.1. The molecular formula is C31H23I2NO4S. The summed E-state index contributed by atoms with van der Waals surface area (Å²) in [6.45, 7) is 2.39. The highest BCUT2D eigenvalue weighted by atomic mass is 127. The summed E-state index contributed by atoms with van der Waals surface area (Å²) in [6.07, 6.45) is 1.85. The van der Waals surface area contributed by atoms with Crippen LogP contribution in [0.1, 0.15) is 18.1 Å². The van der Waals surface area contributed by atoms with Crippen LogP contribution in [0.4, 0.5) is 5.69 Å². The fraction of sp³-hybridized carbons (Fsp3) is 0.0968. The van der Waals surface area contributed by atoms with Gasteiger partial charge in [0.25, 0.3) is 0 Å². The summed E-state index contributed by atoms with van der Waals surface area (Å²) in [6, 6.07) is 27.9. The highest BCUT2D eigenvalue weighted by Crippen LogP contribution is 2.41. The first-order chi connectivity index (χ1) is 18.9. The van der Waals surface area contributed by atoms with E-state index in [0.29, 0.717) is 22.2 Å². The first-order valence-electron chi connectivity index (χ1n) is 12.2. The van der Waals surface area contributed by atoms with E-state index in [4.69, 9.17) is 9.47 Å². The number of rotatable bonds is 7. The molecule has 1 N–H and O–H groups in total. The molecule has 0 bridgehead atoms. The Kier molecular flexibility index (Phi) is 8.93.